The van der Waals surface area contributed by atoms with E-state index in [1.165, 1.54) is 0 Å². The van der Waals surface area contributed by atoms with Gasteiger partial charge in [-0.1, -0.05) is 29.3 Å². The van der Waals surface area contributed by atoms with Crippen molar-refractivity contribution in [1.82, 2.24) is 14.9 Å². The van der Waals surface area contributed by atoms with Crippen molar-refractivity contribution in [1.29, 1.82) is 0 Å². The minimum Gasteiger partial charge on any atom is -0.497 e. The minimum atomic E-state index is -0.138. The van der Waals surface area contributed by atoms with Gasteiger partial charge in [0.2, 0.25) is 0 Å². The smallest absolute Gasteiger partial charge is 0.174 e. The molecule has 1 fully saturated rings. The molecule has 2 aromatic carbocycles. The highest BCUT2D eigenvalue weighted by atomic mass is 35.5. The Hall–Kier alpha value is -3.06. The number of halogens is 2. The first-order chi connectivity index (χ1) is 16.9. The molecule has 0 spiro atoms. The molecule has 2 aromatic heterocycles. The number of anilines is 1. The average molecular weight is 523 g/mol. The van der Waals surface area contributed by atoms with Gasteiger partial charge in [0, 0.05) is 28.3 Å². The fourth-order valence-corrected chi connectivity index (χ4v) is 5.65. The number of hydrogen-bond donors (Lipinski definition) is 1. The van der Waals surface area contributed by atoms with E-state index in [4.69, 9.17) is 40.2 Å². The second-order valence-electron chi connectivity index (χ2n) is 8.45. The van der Waals surface area contributed by atoms with E-state index >= 15 is 0 Å². The largest absolute Gasteiger partial charge is 0.497 e. The minimum absolute atomic E-state index is 0.128. The van der Waals surface area contributed by atoms with Crippen LogP contribution in [0.5, 0.6) is 5.75 Å². The quantitative estimate of drug-likeness (QED) is 0.286. The molecule has 178 valence electrons. The van der Waals surface area contributed by atoms with Crippen molar-refractivity contribution in [3.63, 3.8) is 0 Å². The molecule has 0 bridgehead atoms. The van der Waals surface area contributed by atoms with Gasteiger partial charge in [-0.15, -0.1) is 0 Å². The summed E-state index contributed by atoms with van der Waals surface area (Å²) in [4.78, 5) is 6.81. The van der Waals surface area contributed by atoms with Crippen LogP contribution >= 0.6 is 35.4 Å². The Morgan fingerprint density at radius 1 is 1.00 bits per heavy atom. The van der Waals surface area contributed by atoms with Crippen molar-refractivity contribution in [2.45, 2.75) is 25.9 Å². The third kappa shape index (κ3) is 4.27. The van der Waals surface area contributed by atoms with Crippen LogP contribution in [0.15, 0.2) is 72.9 Å². The number of nitrogens with one attached hydrogen (secondary N) is 1. The lowest BCUT2D eigenvalue weighted by Crippen LogP contribution is -2.29. The number of hydrogen-bond acceptors (Lipinski definition) is 3. The third-order valence-corrected chi connectivity index (χ3v) is 7.24. The van der Waals surface area contributed by atoms with E-state index in [1.807, 2.05) is 60.8 Å². The average Bonchev–Trinajstić information content (AvgIpc) is 3.35. The standard InChI is InChI=1S/C27H24Cl2N4OS/c1-16-14-21(17(2)32(16)24-12-7-18(28)15-22(24)29)26-25(23-6-4-5-13-30-23)31-27(35)33(26)19-8-10-20(34-3)11-9-19/h4-15,25-26H,1-3H3,(H,31,35)/t25-,26-/m0/s1. The molecule has 0 aliphatic carbocycles. The number of nitrogens with zero attached hydrogens (tertiary/aromatic N) is 3. The highest BCUT2D eigenvalue weighted by molar-refractivity contribution is 7.80. The van der Waals surface area contributed by atoms with Crippen LogP contribution in [-0.2, 0) is 0 Å². The molecule has 4 aromatic rings. The molecule has 5 nitrogen and oxygen atoms in total. The lowest BCUT2D eigenvalue weighted by Gasteiger charge is -2.28. The Bertz CT molecular complexity index is 1390. The lowest BCUT2D eigenvalue weighted by atomic mass is 9.96. The number of pyridine rings is 1. The predicted molar refractivity (Wildman–Crippen MR) is 146 cm³/mol. The van der Waals surface area contributed by atoms with Gasteiger partial charge in [0.15, 0.2) is 5.11 Å². The molecular weight excluding hydrogens is 499 g/mol. The van der Waals surface area contributed by atoms with Gasteiger partial charge < -0.3 is 19.5 Å². The summed E-state index contributed by atoms with van der Waals surface area (Å²) in [5, 5.41) is 5.37. The van der Waals surface area contributed by atoms with E-state index in [0.717, 1.165) is 39.8 Å². The second kappa shape index (κ2) is 9.53. The van der Waals surface area contributed by atoms with Crippen LogP contribution in [0.1, 0.15) is 34.7 Å². The molecule has 35 heavy (non-hydrogen) atoms. The zero-order chi connectivity index (χ0) is 24.7. The molecule has 2 atom stereocenters. The Labute approximate surface area is 220 Å². The van der Waals surface area contributed by atoms with E-state index in [1.54, 1.807) is 13.2 Å². The van der Waals surface area contributed by atoms with Crippen LogP contribution in [0.4, 0.5) is 5.69 Å². The molecule has 3 heterocycles. The summed E-state index contributed by atoms with van der Waals surface area (Å²) in [6.07, 6.45) is 1.81. The van der Waals surface area contributed by atoms with Crippen LogP contribution in [0.3, 0.4) is 0 Å². The van der Waals surface area contributed by atoms with Crippen molar-refractivity contribution >= 4 is 46.2 Å². The Kier molecular flexibility index (Phi) is 6.45. The summed E-state index contributed by atoms with van der Waals surface area (Å²) in [5.74, 6) is 0.792. The van der Waals surface area contributed by atoms with Crippen LogP contribution in [-0.4, -0.2) is 21.8 Å². The summed E-state index contributed by atoms with van der Waals surface area (Å²) in [6.45, 7) is 4.19. The number of aromatic nitrogens is 2. The predicted octanol–water partition coefficient (Wildman–Crippen LogP) is 6.98. The number of methoxy groups -OCH3 is 1. The summed E-state index contributed by atoms with van der Waals surface area (Å²) in [6, 6.07) is 21.4. The zero-order valence-electron chi connectivity index (χ0n) is 19.5. The number of thiocarbonyl (C=S) groups is 1. The molecule has 8 heteroatoms. The van der Waals surface area contributed by atoms with Crippen molar-refractivity contribution in [2.75, 3.05) is 12.0 Å². The van der Waals surface area contributed by atoms with Gasteiger partial charge in [-0.3, -0.25) is 4.98 Å². The highest BCUT2D eigenvalue weighted by Gasteiger charge is 2.42. The summed E-state index contributed by atoms with van der Waals surface area (Å²) >= 11 is 18.6. The van der Waals surface area contributed by atoms with Gasteiger partial charge in [0.1, 0.15) is 5.75 Å². The van der Waals surface area contributed by atoms with Gasteiger partial charge in [0.25, 0.3) is 0 Å². The molecule has 1 saturated heterocycles. The number of benzene rings is 2. The summed E-state index contributed by atoms with van der Waals surface area (Å²) in [7, 11) is 1.66. The topological polar surface area (TPSA) is 42.3 Å². The van der Waals surface area contributed by atoms with E-state index in [9.17, 15) is 0 Å². The van der Waals surface area contributed by atoms with Crippen molar-refractivity contribution in [3.05, 3.63) is 106 Å². The van der Waals surface area contributed by atoms with Gasteiger partial charge in [-0.05, 0) is 92.3 Å². The summed E-state index contributed by atoms with van der Waals surface area (Å²) < 4.78 is 7.53. The molecule has 5 rings (SSSR count). The van der Waals surface area contributed by atoms with Gasteiger partial charge in [-0.2, -0.15) is 0 Å². The second-order valence-corrected chi connectivity index (χ2v) is 9.68. The molecule has 1 aliphatic heterocycles. The van der Waals surface area contributed by atoms with Crippen molar-refractivity contribution < 1.29 is 4.74 Å². The van der Waals surface area contributed by atoms with Crippen molar-refractivity contribution in [2.24, 2.45) is 0 Å². The molecular formula is C27H24Cl2N4OS. The lowest BCUT2D eigenvalue weighted by molar-refractivity contribution is 0.415. The maximum Gasteiger partial charge on any atom is 0.174 e. The number of ether oxygens (including phenoxy) is 1. The van der Waals surface area contributed by atoms with E-state index in [-0.39, 0.29) is 12.1 Å². The van der Waals surface area contributed by atoms with Crippen LogP contribution in [0, 0.1) is 13.8 Å². The normalized spacial score (nSPS) is 17.5. The highest BCUT2D eigenvalue weighted by Crippen LogP contribution is 2.44. The Morgan fingerprint density at radius 3 is 2.43 bits per heavy atom. The van der Waals surface area contributed by atoms with E-state index < -0.39 is 0 Å². The number of aryl methyl sites for hydroxylation is 1. The Balaban J connectivity index is 1.67. The molecule has 0 saturated carbocycles. The summed E-state index contributed by atoms with van der Waals surface area (Å²) in [5.41, 5.74) is 6.05. The first kappa shape index (κ1) is 23.7. The Morgan fingerprint density at radius 2 is 1.77 bits per heavy atom. The van der Waals surface area contributed by atoms with Crippen molar-refractivity contribution in [3.8, 4) is 11.4 Å². The van der Waals surface area contributed by atoms with Gasteiger partial charge in [0.05, 0.1) is 35.6 Å². The fraction of sp³-hybridized carbons (Fsp3) is 0.185. The molecule has 1 aliphatic rings. The SMILES string of the molecule is COc1ccc(N2C(=S)N[C@@H](c3ccccn3)[C@@H]2c2cc(C)n(-c3ccc(Cl)cc3Cl)c2C)cc1. The van der Waals surface area contributed by atoms with Gasteiger partial charge >= 0.3 is 0 Å². The molecule has 1 N–H and O–H groups in total. The molecule has 0 amide bonds. The number of rotatable bonds is 5. The zero-order valence-corrected chi connectivity index (χ0v) is 21.8. The monoisotopic (exact) mass is 522 g/mol. The maximum atomic E-state index is 6.61. The van der Waals surface area contributed by atoms with Gasteiger partial charge in [-0.25, -0.2) is 0 Å². The maximum absolute atomic E-state index is 6.61. The first-order valence-corrected chi connectivity index (χ1v) is 12.3. The van der Waals surface area contributed by atoms with E-state index in [2.05, 4.69) is 39.7 Å². The van der Waals surface area contributed by atoms with Crippen LogP contribution in [0.25, 0.3) is 5.69 Å². The first-order valence-electron chi connectivity index (χ1n) is 11.2. The van der Waals surface area contributed by atoms with Crippen LogP contribution < -0.4 is 15.0 Å². The third-order valence-electron chi connectivity index (χ3n) is 6.39. The fourth-order valence-electron chi connectivity index (χ4n) is 4.81. The molecule has 0 radical (unpaired) electrons. The van der Waals surface area contributed by atoms with E-state index in [0.29, 0.717) is 15.2 Å². The molecule has 0 unspecified atom stereocenters. The van der Waals surface area contributed by atoms with Crippen LogP contribution in [0.2, 0.25) is 10.0 Å².